The molecule has 0 bridgehead atoms. The van der Waals surface area contributed by atoms with E-state index in [1.54, 1.807) is 31.2 Å². The number of benzene rings is 3. The molecule has 0 unspecified atom stereocenters. The quantitative estimate of drug-likeness (QED) is 0.277. The van der Waals surface area contributed by atoms with Gasteiger partial charge in [-0.1, -0.05) is 30.3 Å². The van der Waals surface area contributed by atoms with E-state index >= 15 is 0 Å². The molecule has 2 amide bonds. The molecule has 3 aromatic carbocycles. The number of nitrogens with one attached hydrogen (secondary N) is 1. The first-order valence-electron chi connectivity index (χ1n) is 14.4. The highest BCUT2D eigenvalue weighted by atomic mass is 32.2. The molecular formula is C33H43N3O7S. The minimum absolute atomic E-state index is 0.0915. The molecule has 0 spiro atoms. The predicted molar refractivity (Wildman–Crippen MR) is 171 cm³/mol. The van der Waals surface area contributed by atoms with Gasteiger partial charge in [0.15, 0.2) is 11.5 Å². The molecule has 0 aliphatic rings. The van der Waals surface area contributed by atoms with E-state index in [-0.39, 0.29) is 28.8 Å². The highest BCUT2D eigenvalue weighted by Crippen LogP contribution is 2.33. The van der Waals surface area contributed by atoms with Gasteiger partial charge in [0.05, 0.1) is 31.4 Å². The van der Waals surface area contributed by atoms with Crippen LogP contribution in [0.2, 0.25) is 0 Å². The van der Waals surface area contributed by atoms with Gasteiger partial charge < -0.3 is 24.4 Å². The number of nitrogens with zero attached hydrogens (tertiary/aromatic N) is 2. The van der Waals surface area contributed by atoms with Crippen LogP contribution in [0, 0.1) is 0 Å². The normalized spacial score (nSPS) is 12.2. The Bertz CT molecular complexity index is 1500. The van der Waals surface area contributed by atoms with Crippen LogP contribution in [0.3, 0.4) is 0 Å². The van der Waals surface area contributed by atoms with Crippen molar-refractivity contribution in [2.45, 2.75) is 57.5 Å². The highest BCUT2D eigenvalue weighted by molar-refractivity contribution is 7.92. The number of carbonyl (C=O) groups is 2. The van der Waals surface area contributed by atoms with E-state index in [2.05, 4.69) is 5.32 Å². The average molecular weight is 626 g/mol. The lowest BCUT2D eigenvalue weighted by molar-refractivity contribution is -0.139. The van der Waals surface area contributed by atoms with Crippen LogP contribution in [0.5, 0.6) is 17.2 Å². The summed E-state index contributed by atoms with van der Waals surface area (Å²) in [6, 6.07) is 19.4. The van der Waals surface area contributed by atoms with Gasteiger partial charge in [0.2, 0.25) is 11.8 Å². The van der Waals surface area contributed by atoms with Gasteiger partial charge in [0.1, 0.15) is 18.3 Å². The molecule has 11 heteroatoms. The minimum atomic E-state index is -4.30. The molecule has 1 N–H and O–H groups in total. The number of amides is 2. The summed E-state index contributed by atoms with van der Waals surface area (Å²) in [5.41, 5.74) is 0.714. The SMILES string of the molecule is CCOc1ccc(N(CC(=O)N(CCc2ccccc2)[C@H](C)C(=O)NC(C)(C)C)S(=O)(=O)c2ccc(OC)c(OC)c2)cc1. The van der Waals surface area contributed by atoms with Crippen molar-refractivity contribution in [3.63, 3.8) is 0 Å². The molecule has 44 heavy (non-hydrogen) atoms. The molecule has 0 radical (unpaired) electrons. The molecule has 0 aliphatic carbocycles. The molecule has 0 saturated carbocycles. The van der Waals surface area contributed by atoms with Crippen LogP contribution >= 0.6 is 0 Å². The van der Waals surface area contributed by atoms with Crippen molar-refractivity contribution in [3.8, 4) is 17.2 Å². The summed E-state index contributed by atoms with van der Waals surface area (Å²) in [6.45, 7) is 9.17. The zero-order chi connectivity index (χ0) is 32.5. The number of sulfonamides is 1. The molecule has 0 saturated heterocycles. The summed E-state index contributed by atoms with van der Waals surface area (Å²) in [7, 11) is -1.43. The molecule has 10 nitrogen and oxygen atoms in total. The lowest BCUT2D eigenvalue weighted by Gasteiger charge is -2.33. The summed E-state index contributed by atoms with van der Waals surface area (Å²) < 4.78 is 45.6. The van der Waals surface area contributed by atoms with E-state index in [0.717, 1.165) is 9.87 Å². The molecule has 1 atom stereocenters. The van der Waals surface area contributed by atoms with Crippen LogP contribution in [0.25, 0.3) is 0 Å². The number of ether oxygens (including phenoxy) is 3. The summed E-state index contributed by atoms with van der Waals surface area (Å²) in [4.78, 5) is 28.7. The van der Waals surface area contributed by atoms with Gasteiger partial charge in [-0.05, 0) is 83.0 Å². The third kappa shape index (κ3) is 8.89. The Labute approximate surface area is 261 Å². The minimum Gasteiger partial charge on any atom is -0.494 e. The van der Waals surface area contributed by atoms with Crippen LogP contribution in [0.4, 0.5) is 5.69 Å². The van der Waals surface area contributed by atoms with Gasteiger partial charge in [-0.3, -0.25) is 13.9 Å². The first-order valence-corrected chi connectivity index (χ1v) is 15.9. The first-order chi connectivity index (χ1) is 20.8. The van der Waals surface area contributed by atoms with E-state index in [9.17, 15) is 18.0 Å². The third-order valence-corrected chi connectivity index (χ3v) is 8.58. The van der Waals surface area contributed by atoms with E-state index < -0.39 is 34.1 Å². The second-order valence-corrected chi connectivity index (χ2v) is 13.1. The molecule has 0 aromatic heterocycles. The fourth-order valence-electron chi connectivity index (χ4n) is 4.55. The molecule has 0 heterocycles. The fraction of sp³-hybridized carbons (Fsp3) is 0.394. The molecular weight excluding hydrogens is 582 g/mol. The van der Waals surface area contributed by atoms with Crippen molar-refractivity contribution in [1.82, 2.24) is 10.2 Å². The molecule has 3 aromatic rings. The van der Waals surface area contributed by atoms with Crippen molar-refractivity contribution in [1.29, 1.82) is 0 Å². The van der Waals surface area contributed by atoms with Crippen LogP contribution in [0.15, 0.2) is 77.7 Å². The van der Waals surface area contributed by atoms with Crippen molar-refractivity contribution in [2.24, 2.45) is 0 Å². The van der Waals surface area contributed by atoms with Gasteiger partial charge in [-0.25, -0.2) is 8.42 Å². The Morgan fingerprint density at radius 1 is 0.909 bits per heavy atom. The van der Waals surface area contributed by atoms with E-state index in [0.29, 0.717) is 24.5 Å². The van der Waals surface area contributed by atoms with Crippen LogP contribution in [0.1, 0.15) is 40.2 Å². The maximum absolute atomic E-state index is 14.2. The van der Waals surface area contributed by atoms with Gasteiger partial charge in [-0.2, -0.15) is 0 Å². The number of anilines is 1. The summed E-state index contributed by atoms with van der Waals surface area (Å²) in [5.74, 6) is 0.275. The third-order valence-electron chi connectivity index (χ3n) is 6.81. The van der Waals surface area contributed by atoms with Gasteiger partial charge in [0, 0.05) is 18.2 Å². The van der Waals surface area contributed by atoms with Gasteiger partial charge in [-0.15, -0.1) is 0 Å². The largest absolute Gasteiger partial charge is 0.494 e. The van der Waals surface area contributed by atoms with E-state index in [1.165, 1.54) is 37.3 Å². The maximum atomic E-state index is 14.2. The highest BCUT2D eigenvalue weighted by Gasteiger charge is 2.33. The standard InChI is InChI=1S/C33H43N3O7S/c1-8-43-27-16-14-26(15-17-27)36(44(39,40)28-18-19-29(41-6)30(22-28)42-7)23-31(37)35(21-20-25-12-10-9-11-13-25)24(2)32(38)34-33(3,4)5/h9-19,22,24H,8,20-21,23H2,1-7H3,(H,34,38)/t24-/m1/s1. The molecule has 238 valence electrons. The Hall–Kier alpha value is -4.25. The second-order valence-electron chi connectivity index (χ2n) is 11.2. The molecule has 0 aliphatic heterocycles. The summed E-state index contributed by atoms with van der Waals surface area (Å²) in [5, 5.41) is 2.93. The molecule has 0 fully saturated rings. The fourth-order valence-corrected chi connectivity index (χ4v) is 5.98. The smallest absolute Gasteiger partial charge is 0.264 e. The Morgan fingerprint density at radius 2 is 1.55 bits per heavy atom. The number of methoxy groups -OCH3 is 2. The Morgan fingerprint density at radius 3 is 2.11 bits per heavy atom. The predicted octanol–water partition coefficient (Wildman–Crippen LogP) is 4.67. The van der Waals surface area contributed by atoms with Crippen molar-refractivity contribution in [2.75, 3.05) is 38.2 Å². The lowest BCUT2D eigenvalue weighted by atomic mass is 10.1. The topological polar surface area (TPSA) is 114 Å². The lowest BCUT2D eigenvalue weighted by Crippen LogP contribution is -2.55. The Balaban J connectivity index is 2.04. The number of hydrogen-bond donors (Lipinski definition) is 1. The first kappa shape index (κ1) is 34.2. The van der Waals surface area contributed by atoms with Crippen LogP contribution in [-0.4, -0.2) is 70.6 Å². The van der Waals surface area contributed by atoms with Crippen LogP contribution in [-0.2, 0) is 26.0 Å². The van der Waals surface area contributed by atoms with Crippen LogP contribution < -0.4 is 23.8 Å². The van der Waals surface area contributed by atoms with Gasteiger partial charge >= 0.3 is 0 Å². The summed E-state index contributed by atoms with van der Waals surface area (Å²) in [6.07, 6.45) is 0.477. The maximum Gasteiger partial charge on any atom is 0.264 e. The number of rotatable bonds is 14. The Kier molecular flexibility index (Phi) is 11.6. The van der Waals surface area contributed by atoms with Crippen molar-refractivity contribution in [3.05, 3.63) is 78.4 Å². The molecule has 3 rings (SSSR count). The summed E-state index contributed by atoms with van der Waals surface area (Å²) >= 11 is 0. The van der Waals surface area contributed by atoms with Crippen molar-refractivity contribution < 1.29 is 32.2 Å². The van der Waals surface area contributed by atoms with Gasteiger partial charge in [0.25, 0.3) is 10.0 Å². The monoisotopic (exact) mass is 625 g/mol. The van der Waals surface area contributed by atoms with Crippen molar-refractivity contribution >= 4 is 27.5 Å². The number of hydrogen-bond acceptors (Lipinski definition) is 7. The second kappa shape index (κ2) is 15.0. The van der Waals surface area contributed by atoms with E-state index in [4.69, 9.17) is 14.2 Å². The average Bonchev–Trinajstić information content (AvgIpc) is 2.99. The van der Waals surface area contributed by atoms with E-state index in [1.807, 2.05) is 58.0 Å². The zero-order valence-corrected chi connectivity index (χ0v) is 27.3. The zero-order valence-electron chi connectivity index (χ0n) is 26.5. The number of carbonyl (C=O) groups excluding carboxylic acids is 2.